The van der Waals surface area contributed by atoms with E-state index in [9.17, 15) is 13.6 Å². The molecule has 3 N–H and O–H groups in total. The van der Waals surface area contributed by atoms with Crippen LogP contribution in [0.25, 0.3) is 0 Å². The lowest BCUT2D eigenvalue weighted by Crippen LogP contribution is -2.09. The molecule has 0 aliphatic heterocycles. The SMILES string of the molecule is COc1c(C(F)F)ncc(N)c1CC(=O)O. The number of nitrogens with two attached hydrogens (primary N) is 1. The van der Waals surface area contributed by atoms with Gasteiger partial charge in [-0.3, -0.25) is 4.79 Å². The Morgan fingerprint density at radius 3 is 2.75 bits per heavy atom. The van der Waals surface area contributed by atoms with E-state index < -0.39 is 24.5 Å². The number of methoxy groups -OCH3 is 1. The van der Waals surface area contributed by atoms with Crippen molar-refractivity contribution in [2.24, 2.45) is 0 Å². The van der Waals surface area contributed by atoms with Gasteiger partial charge in [0.15, 0.2) is 5.75 Å². The zero-order chi connectivity index (χ0) is 12.3. The molecule has 0 saturated carbocycles. The molecule has 1 aromatic heterocycles. The molecule has 0 aromatic carbocycles. The molecule has 0 radical (unpaired) electrons. The predicted octanol–water partition coefficient (Wildman–Crippen LogP) is 1.24. The van der Waals surface area contributed by atoms with Crippen LogP contribution in [0.2, 0.25) is 0 Å². The van der Waals surface area contributed by atoms with Crippen LogP contribution in [0.4, 0.5) is 14.5 Å². The van der Waals surface area contributed by atoms with Gasteiger partial charge in [-0.15, -0.1) is 0 Å². The fourth-order valence-corrected chi connectivity index (χ4v) is 1.28. The van der Waals surface area contributed by atoms with Crippen LogP contribution in [0.15, 0.2) is 6.20 Å². The first-order chi connectivity index (χ1) is 7.47. The van der Waals surface area contributed by atoms with Gasteiger partial charge in [0, 0.05) is 5.56 Å². The van der Waals surface area contributed by atoms with Crippen molar-refractivity contribution in [3.05, 3.63) is 17.5 Å². The van der Waals surface area contributed by atoms with Gasteiger partial charge in [0.2, 0.25) is 0 Å². The molecule has 0 spiro atoms. The van der Waals surface area contributed by atoms with E-state index in [4.69, 9.17) is 15.6 Å². The highest BCUT2D eigenvalue weighted by Gasteiger charge is 2.22. The van der Waals surface area contributed by atoms with Gasteiger partial charge in [-0.05, 0) is 0 Å². The maximum absolute atomic E-state index is 12.5. The predicted molar refractivity (Wildman–Crippen MR) is 51.5 cm³/mol. The molecule has 0 aliphatic rings. The smallest absolute Gasteiger partial charge is 0.308 e. The van der Waals surface area contributed by atoms with Crippen LogP contribution in [0.5, 0.6) is 5.75 Å². The molecule has 0 aliphatic carbocycles. The summed E-state index contributed by atoms with van der Waals surface area (Å²) < 4.78 is 29.8. The summed E-state index contributed by atoms with van der Waals surface area (Å²) in [4.78, 5) is 14.0. The highest BCUT2D eigenvalue weighted by molar-refractivity contribution is 5.74. The highest BCUT2D eigenvalue weighted by Crippen LogP contribution is 2.33. The summed E-state index contributed by atoms with van der Waals surface area (Å²) >= 11 is 0. The number of rotatable bonds is 4. The lowest BCUT2D eigenvalue weighted by Gasteiger charge is -2.13. The third kappa shape index (κ3) is 2.36. The molecule has 1 heterocycles. The Morgan fingerprint density at radius 2 is 2.31 bits per heavy atom. The molecule has 0 saturated heterocycles. The van der Waals surface area contributed by atoms with E-state index in [0.717, 1.165) is 13.3 Å². The minimum Gasteiger partial charge on any atom is -0.494 e. The lowest BCUT2D eigenvalue weighted by molar-refractivity contribution is -0.136. The molecular weight excluding hydrogens is 222 g/mol. The van der Waals surface area contributed by atoms with E-state index in [0.29, 0.717) is 0 Å². The van der Waals surface area contributed by atoms with Crippen molar-refractivity contribution in [1.29, 1.82) is 0 Å². The zero-order valence-corrected chi connectivity index (χ0v) is 8.41. The van der Waals surface area contributed by atoms with Crippen molar-refractivity contribution in [2.75, 3.05) is 12.8 Å². The Balaban J connectivity index is 3.32. The maximum atomic E-state index is 12.5. The summed E-state index contributed by atoms with van der Waals surface area (Å²) in [6.45, 7) is 0. The second-order valence-electron chi connectivity index (χ2n) is 2.98. The molecule has 0 amide bonds. The third-order valence-corrected chi connectivity index (χ3v) is 1.94. The van der Waals surface area contributed by atoms with Crippen molar-refractivity contribution >= 4 is 11.7 Å². The first-order valence-corrected chi connectivity index (χ1v) is 4.28. The van der Waals surface area contributed by atoms with Gasteiger partial charge in [0.05, 0.1) is 25.4 Å². The van der Waals surface area contributed by atoms with Gasteiger partial charge >= 0.3 is 5.97 Å². The summed E-state index contributed by atoms with van der Waals surface area (Å²) in [7, 11) is 1.16. The Kier molecular flexibility index (Phi) is 3.60. The maximum Gasteiger partial charge on any atom is 0.308 e. The number of hydrogen-bond donors (Lipinski definition) is 2. The molecule has 16 heavy (non-hydrogen) atoms. The van der Waals surface area contributed by atoms with Crippen molar-refractivity contribution in [3.8, 4) is 5.75 Å². The Labute approximate surface area is 89.9 Å². The van der Waals surface area contributed by atoms with Gasteiger partial charge in [-0.1, -0.05) is 0 Å². The standard InChI is InChI=1S/C9H10F2N2O3/c1-16-8-4(2-6(14)15)5(12)3-13-7(8)9(10)11/h3,9H,2,12H2,1H3,(H,14,15). The number of alkyl halides is 2. The van der Waals surface area contributed by atoms with Crippen LogP contribution in [-0.2, 0) is 11.2 Å². The average molecular weight is 232 g/mol. The number of ether oxygens (including phenoxy) is 1. The first-order valence-electron chi connectivity index (χ1n) is 4.28. The molecule has 88 valence electrons. The molecule has 0 bridgehead atoms. The molecule has 0 atom stereocenters. The summed E-state index contributed by atoms with van der Waals surface area (Å²) in [5.41, 5.74) is 4.89. The number of carbonyl (C=O) groups is 1. The van der Waals surface area contributed by atoms with E-state index in [2.05, 4.69) is 4.98 Å². The van der Waals surface area contributed by atoms with E-state index in [-0.39, 0.29) is 17.0 Å². The Hall–Kier alpha value is -1.92. The quantitative estimate of drug-likeness (QED) is 0.815. The number of carboxylic acids is 1. The summed E-state index contributed by atoms with van der Waals surface area (Å²) in [5, 5.41) is 8.62. The molecule has 1 aromatic rings. The van der Waals surface area contributed by atoms with Crippen molar-refractivity contribution in [2.45, 2.75) is 12.8 Å². The zero-order valence-electron chi connectivity index (χ0n) is 8.41. The first kappa shape index (κ1) is 12.2. The number of aliphatic carboxylic acids is 1. The van der Waals surface area contributed by atoms with Crippen LogP contribution >= 0.6 is 0 Å². The van der Waals surface area contributed by atoms with Crippen molar-refractivity contribution in [1.82, 2.24) is 4.98 Å². The van der Waals surface area contributed by atoms with Gasteiger partial charge < -0.3 is 15.6 Å². The van der Waals surface area contributed by atoms with Crippen molar-refractivity contribution < 1.29 is 23.4 Å². The fourth-order valence-electron chi connectivity index (χ4n) is 1.28. The van der Waals surface area contributed by atoms with E-state index in [1.807, 2.05) is 0 Å². The van der Waals surface area contributed by atoms with Crippen molar-refractivity contribution in [3.63, 3.8) is 0 Å². The fraction of sp³-hybridized carbons (Fsp3) is 0.333. The van der Waals surface area contributed by atoms with Crippen LogP contribution in [0.3, 0.4) is 0 Å². The number of pyridine rings is 1. The number of aromatic nitrogens is 1. The van der Waals surface area contributed by atoms with Crippen LogP contribution in [0, 0.1) is 0 Å². The number of hydrogen-bond acceptors (Lipinski definition) is 4. The summed E-state index contributed by atoms with van der Waals surface area (Å²) in [5.74, 6) is -1.45. The summed E-state index contributed by atoms with van der Waals surface area (Å²) in [6.07, 6.45) is -2.33. The van der Waals surface area contributed by atoms with E-state index in [1.165, 1.54) is 0 Å². The Morgan fingerprint density at radius 1 is 1.69 bits per heavy atom. The van der Waals surface area contributed by atoms with E-state index in [1.54, 1.807) is 0 Å². The van der Waals surface area contributed by atoms with Crippen LogP contribution < -0.4 is 10.5 Å². The lowest BCUT2D eigenvalue weighted by atomic mass is 10.1. The van der Waals surface area contributed by atoms with E-state index >= 15 is 0 Å². The van der Waals surface area contributed by atoms with Crippen LogP contribution in [-0.4, -0.2) is 23.2 Å². The molecule has 1 rings (SSSR count). The Bertz CT molecular complexity index is 410. The number of nitrogen functional groups attached to an aromatic ring is 1. The monoisotopic (exact) mass is 232 g/mol. The number of carboxylic acid groups (broad SMARTS) is 1. The minimum absolute atomic E-state index is 0.0142. The number of halogens is 2. The highest BCUT2D eigenvalue weighted by atomic mass is 19.3. The average Bonchev–Trinajstić information content (AvgIpc) is 2.19. The summed E-state index contributed by atoms with van der Waals surface area (Å²) in [6, 6.07) is 0. The second kappa shape index (κ2) is 4.73. The molecule has 0 fully saturated rings. The number of nitrogens with zero attached hydrogens (tertiary/aromatic N) is 1. The molecule has 0 unspecified atom stereocenters. The molecule has 7 heteroatoms. The largest absolute Gasteiger partial charge is 0.494 e. The van der Waals surface area contributed by atoms with Gasteiger partial charge in [-0.2, -0.15) is 0 Å². The molecule has 5 nitrogen and oxygen atoms in total. The topological polar surface area (TPSA) is 85.4 Å². The number of anilines is 1. The van der Waals surface area contributed by atoms with Gasteiger partial charge in [0.25, 0.3) is 6.43 Å². The van der Waals surface area contributed by atoms with Crippen LogP contribution in [0.1, 0.15) is 17.7 Å². The molecular formula is C9H10F2N2O3. The third-order valence-electron chi connectivity index (χ3n) is 1.94. The minimum atomic E-state index is -2.84. The normalized spacial score (nSPS) is 10.5. The second-order valence-corrected chi connectivity index (χ2v) is 2.98. The van der Waals surface area contributed by atoms with Gasteiger partial charge in [0.1, 0.15) is 5.69 Å². The van der Waals surface area contributed by atoms with Gasteiger partial charge in [-0.25, -0.2) is 13.8 Å².